The molecule has 7 nitrogen and oxygen atoms in total. The summed E-state index contributed by atoms with van der Waals surface area (Å²) in [5.41, 5.74) is 2.18. The lowest BCUT2D eigenvalue weighted by Crippen LogP contribution is -2.40. The van der Waals surface area contributed by atoms with E-state index >= 15 is 0 Å². The van der Waals surface area contributed by atoms with Gasteiger partial charge >= 0.3 is 0 Å². The van der Waals surface area contributed by atoms with Crippen molar-refractivity contribution >= 4 is 22.9 Å². The molecule has 0 bridgehead atoms. The van der Waals surface area contributed by atoms with Crippen LogP contribution >= 0.6 is 0 Å². The molecule has 1 aromatic carbocycles. The topological polar surface area (TPSA) is 74.5 Å². The molecule has 0 unspecified atom stereocenters. The predicted octanol–water partition coefficient (Wildman–Crippen LogP) is 2.24. The third kappa shape index (κ3) is 6.27. The molecule has 1 amide bonds. The highest BCUT2D eigenvalue weighted by Gasteiger charge is 2.09. The van der Waals surface area contributed by atoms with E-state index in [1.807, 2.05) is 50.2 Å². The van der Waals surface area contributed by atoms with Gasteiger partial charge in [0, 0.05) is 45.7 Å². The zero-order valence-electron chi connectivity index (χ0n) is 16.7. The molecule has 1 heterocycles. The van der Waals surface area contributed by atoms with E-state index < -0.39 is 0 Å². The molecule has 2 N–H and O–H groups in total. The van der Waals surface area contributed by atoms with Crippen molar-refractivity contribution in [2.45, 2.75) is 40.2 Å². The molecule has 148 valence electrons. The van der Waals surface area contributed by atoms with E-state index in [9.17, 15) is 4.79 Å². The van der Waals surface area contributed by atoms with Crippen LogP contribution in [0.15, 0.2) is 35.6 Å². The normalized spacial score (nSPS) is 11.6. The van der Waals surface area contributed by atoms with E-state index in [-0.39, 0.29) is 5.91 Å². The number of carbonyl (C=O) groups excluding carboxylic acids is 1. The van der Waals surface area contributed by atoms with Crippen molar-refractivity contribution in [2.24, 2.45) is 4.99 Å². The average molecular weight is 373 g/mol. The Hall–Kier alpha value is -2.57. The average Bonchev–Trinajstić information content (AvgIpc) is 3.09. The van der Waals surface area contributed by atoms with Gasteiger partial charge in [0.15, 0.2) is 5.96 Å². The number of aliphatic imine (C=N–C) groups is 1. The quantitative estimate of drug-likeness (QED) is 0.381. The van der Waals surface area contributed by atoms with E-state index in [0.29, 0.717) is 19.5 Å². The summed E-state index contributed by atoms with van der Waals surface area (Å²) in [6.07, 6.45) is 3.29. The Labute approximate surface area is 161 Å². The van der Waals surface area contributed by atoms with Gasteiger partial charge in [-0.05, 0) is 39.3 Å². The second-order valence-electron chi connectivity index (χ2n) is 6.28. The van der Waals surface area contributed by atoms with E-state index in [1.165, 1.54) is 0 Å². The van der Waals surface area contributed by atoms with Gasteiger partial charge in [-0.3, -0.25) is 9.79 Å². The van der Waals surface area contributed by atoms with Gasteiger partial charge < -0.3 is 20.1 Å². The summed E-state index contributed by atoms with van der Waals surface area (Å²) in [7, 11) is 0. The van der Waals surface area contributed by atoms with Crippen molar-refractivity contribution < 1.29 is 4.79 Å². The number of hydrogen-bond donors (Lipinski definition) is 2. The lowest BCUT2D eigenvalue weighted by Gasteiger charge is -2.19. The molecule has 7 heteroatoms. The Bertz CT molecular complexity index is 735. The van der Waals surface area contributed by atoms with Gasteiger partial charge in [-0.25, -0.2) is 4.98 Å². The Kier molecular flexibility index (Phi) is 8.61. The fraction of sp³-hybridized carbons (Fsp3) is 0.550. The molecule has 2 aromatic rings. The van der Waals surface area contributed by atoms with Gasteiger partial charge in [0.25, 0.3) is 0 Å². The van der Waals surface area contributed by atoms with E-state index in [4.69, 9.17) is 0 Å². The smallest absolute Gasteiger partial charge is 0.224 e. The molecule has 0 aliphatic rings. The maximum atomic E-state index is 12.1. The van der Waals surface area contributed by atoms with E-state index in [0.717, 1.165) is 49.6 Å². The van der Waals surface area contributed by atoms with Crippen LogP contribution in [0.1, 0.15) is 33.6 Å². The summed E-state index contributed by atoms with van der Waals surface area (Å²) in [6, 6.07) is 8.15. The third-order valence-corrected chi connectivity index (χ3v) is 4.45. The summed E-state index contributed by atoms with van der Waals surface area (Å²) in [4.78, 5) is 22.9. The van der Waals surface area contributed by atoms with Crippen LogP contribution in [-0.2, 0) is 11.3 Å². The monoisotopic (exact) mass is 372 g/mol. The summed E-state index contributed by atoms with van der Waals surface area (Å²) in [5, 5.41) is 6.48. The number of fused-ring (bicyclic) bond motifs is 1. The molecule has 0 aliphatic heterocycles. The molecule has 0 fully saturated rings. The Morgan fingerprint density at radius 1 is 1.19 bits per heavy atom. The number of aryl methyl sites for hydroxylation is 1. The van der Waals surface area contributed by atoms with Crippen LogP contribution in [0, 0.1) is 0 Å². The number of para-hydroxylation sites is 2. The first-order valence-corrected chi connectivity index (χ1v) is 9.89. The van der Waals surface area contributed by atoms with Crippen LogP contribution in [0.2, 0.25) is 0 Å². The first kappa shape index (κ1) is 20.7. The van der Waals surface area contributed by atoms with Crippen molar-refractivity contribution in [1.82, 2.24) is 25.1 Å². The first-order chi connectivity index (χ1) is 13.2. The summed E-state index contributed by atoms with van der Waals surface area (Å²) < 4.78 is 2.16. The SMILES string of the molecule is CCNC(=NCCCn1cnc2ccccc21)NCCC(=O)N(CC)CC. The lowest BCUT2D eigenvalue weighted by molar-refractivity contribution is -0.130. The highest BCUT2D eigenvalue weighted by atomic mass is 16.2. The van der Waals surface area contributed by atoms with Crippen LogP contribution in [0.4, 0.5) is 0 Å². The second-order valence-corrected chi connectivity index (χ2v) is 6.28. The maximum absolute atomic E-state index is 12.1. The van der Waals surface area contributed by atoms with Gasteiger partial charge in [-0.15, -0.1) is 0 Å². The number of nitrogens with one attached hydrogen (secondary N) is 2. The molecule has 0 radical (unpaired) electrons. The van der Waals surface area contributed by atoms with E-state index in [1.54, 1.807) is 0 Å². The van der Waals surface area contributed by atoms with E-state index in [2.05, 4.69) is 31.2 Å². The molecule has 1 aromatic heterocycles. The van der Waals surface area contributed by atoms with Crippen molar-refractivity contribution in [1.29, 1.82) is 0 Å². The minimum atomic E-state index is 0.176. The van der Waals surface area contributed by atoms with Crippen molar-refractivity contribution in [3.63, 3.8) is 0 Å². The van der Waals surface area contributed by atoms with Crippen LogP contribution in [0.3, 0.4) is 0 Å². The minimum absolute atomic E-state index is 0.176. The molecule has 0 atom stereocenters. The fourth-order valence-corrected chi connectivity index (χ4v) is 2.98. The third-order valence-electron chi connectivity index (χ3n) is 4.45. The van der Waals surface area contributed by atoms with Crippen molar-refractivity contribution in [3.8, 4) is 0 Å². The molecule has 2 rings (SSSR count). The highest BCUT2D eigenvalue weighted by Crippen LogP contribution is 2.11. The van der Waals surface area contributed by atoms with Crippen molar-refractivity contribution in [3.05, 3.63) is 30.6 Å². The number of nitrogens with zero attached hydrogens (tertiary/aromatic N) is 4. The number of hydrogen-bond acceptors (Lipinski definition) is 3. The molecule has 27 heavy (non-hydrogen) atoms. The number of amides is 1. The largest absolute Gasteiger partial charge is 0.357 e. The highest BCUT2D eigenvalue weighted by molar-refractivity contribution is 5.81. The fourth-order valence-electron chi connectivity index (χ4n) is 2.98. The van der Waals surface area contributed by atoms with Gasteiger partial charge in [-0.2, -0.15) is 0 Å². The van der Waals surface area contributed by atoms with Crippen LogP contribution in [0.5, 0.6) is 0 Å². The minimum Gasteiger partial charge on any atom is -0.357 e. The van der Waals surface area contributed by atoms with Gasteiger partial charge in [-0.1, -0.05) is 12.1 Å². The van der Waals surface area contributed by atoms with Crippen LogP contribution in [0.25, 0.3) is 11.0 Å². The number of benzene rings is 1. The molecule has 0 aliphatic carbocycles. The maximum Gasteiger partial charge on any atom is 0.224 e. The van der Waals surface area contributed by atoms with Gasteiger partial charge in [0.05, 0.1) is 17.4 Å². The Morgan fingerprint density at radius 2 is 1.96 bits per heavy atom. The first-order valence-electron chi connectivity index (χ1n) is 9.89. The molecule has 0 saturated heterocycles. The van der Waals surface area contributed by atoms with Crippen LogP contribution < -0.4 is 10.6 Å². The number of carbonyl (C=O) groups is 1. The summed E-state index contributed by atoms with van der Waals surface area (Å²) in [5.74, 6) is 0.940. The van der Waals surface area contributed by atoms with Gasteiger partial charge in [0.1, 0.15) is 0 Å². The van der Waals surface area contributed by atoms with Gasteiger partial charge in [0.2, 0.25) is 5.91 Å². The zero-order chi connectivity index (χ0) is 19.5. The lowest BCUT2D eigenvalue weighted by atomic mass is 10.3. The molecule has 0 saturated carbocycles. The van der Waals surface area contributed by atoms with Crippen molar-refractivity contribution in [2.75, 3.05) is 32.7 Å². The number of aromatic nitrogens is 2. The summed E-state index contributed by atoms with van der Waals surface area (Å²) >= 11 is 0. The second kappa shape index (κ2) is 11.2. The standard InChI is InChI=1S/C20H32N6O/c1-4-21-20(23-14-12-19(27)25(5-2)6-3)22-13-9-15-26-16-24-17-10-7-8-11-18(17)26/h7-8,10-11,16H,4-6,9,12-15H2,1-3H3,(H2,21,22,23). The molecular weight excluding hydrogens is 340 g/mol. The summed E-state index contributed by atoms with van der Waals surface area (Å²) in [6.45, 7) is 10.5. The number of guanidine groups is 1. The molecule has 0 spiro atoms. The Balaban J connectivity index is 1.78. The molecular formula is C20H32N6O. The zero-order valence-corrected chi connectivity index (χ0v) is 16.7. The number of rotatable bonds is 10. The Morgan fingerprint density at radius 3 is 2.70 bits per heavy atom. The predicted molar refractivity (Wildman–Crippen MR) is 111 cm³/mol. The van der Waals surface area contributed by atoms with Crippen LogP contribution in [-0.4, -0.2) is 59.0 Å². The number of imidazole rings is 1.